The van der Waals surface area contributed by atoms with Crippen LogP contribution in [0.3, 0.4) is 0 Å². The molecule has 2 aliphatic carbocycles. The van der Waals surface area contributed by atoms with Crippen molar-refractivity contribution < 1.29 is 0 Å². The number of benzene rings is 9. The van der Waals surface area contributed by atoms with Crippen LogP contribution in [0.4, 0.5) is 0 Å². The molecule has 4 nitrogen and oxygen atoms in total. The third kappa shape index (κ3) is 6.34. The van der Waals surface area contributed by atoms with Gasteiger partial charge in [-0.25, -0.2) is 9.97 Å². The molecule has 1 heterocycles. The minimum Gasteiger partial charge on any atom is -0.227 e. The van der Waals surface area contributed by atoms with Crippen molar-refractivity contribution in [1.82, 2.24) is 9.97 Å². The first kappa shape index (κ1) is 40.8. The van der Waals surface area contributed by atoms with Gasteiger partial charge in [0.2, 0.25) is 0 Å². The van der Waals surface area contributed by atoms with Crippen LogP contribution < -0.4 is 0 Å². The molecule has 0 aliphatic heterocycles. The molecule has 4 heteroatoms. The second-order valence-corrected chi connectivity index (χ2v) is 19.1. The largest absolute Gasteiger partial charge is 0.227 e. The fraction of sp³-hybridized carbons (Fsp3) is 0.0938. The molecular formula is C64H44N4. The first-order chi connectivity index (χ1) is 33.1. The molecule has 68 heavy (non-hydrogen) atoms. The van der Waals surface area contributed by atoms with Gasteiger partial charge in [-0.05, 0) is 120 Å². The van der Waals surface area contributed by atoms with Crippen molar-refractivity contribution in [2.45, 2.75) is 38.5 Å². The average molecular weight is 869 g/mol. The van der Waals surface area contributed by atoms with Crippen LogP contribution in [0, 0.1) is 22.7 Å². The third-order valence-corrected chi connectivity index (χ3v) is 14.6. The van der Waals surface area contributed by atoms with Gasteiger partial charge in [0.25, 0.3) is 0 Å². The molecule has 0 saturated carbocycles. The Balaban J connectivity index is 1.11. The summed E-state index contributed by atoms with van der Waals surface area (Å²) in [5.41, 5.74) is 22.8. The molecule has 0 N–H and O–H groups in total. The van der Waals surface area contributed by atoms with Crippen LogP contribution in [0.5, 0.6) is 0 Å². The van der Waals surface area contributed by atoms with Crippen LogP contribution >= 0.6 is 0 Å². The molecule has 0 unspecified atom stereocenters. The zero-order chi connectivity index (χ0) is 46.3. The zero-order valence-corrected chi connectivity index (χ0v) is 38.3. The summed E-state index contributed by atoms with van der Waals surface area (Å²) in [5.74, 6) is 0.603. The highest BCUT2D eigenvalue weighted by Crippen LogP contribution is 2.52. The van der Waals surface area contributed by atoms with Crippen molar-refractivity contribution in [3.63, 3.8) is 0 Å². The number of hydrogen-bond donors (Lipinski definition) is 0. The molecule has 0 radical (unpaired) electrons. The summed E-state index contributed by atoms with van der Waals surface area (Å²) in [6.45, 7) is 9.32. The highest BCUT2D eigenvalue weighted by molar-refractivity contribution is 6.05. The molecule has 0 bridgehead atoms. The molecule has 0 fully saturated rings. The van der Waals surface area contributed by atoms with Crippen molar-refractivity contribution in [3.8, 4) is 102 Å². The fourth-order valence-electron chi connectivity index (χ4n) is 11.0. The highest BCUT2D eigenvalue weighted by Gasteiger charge is 2.37. The van der Waals surface area contributed by atoms with E-state index in [9.17, 15) is 10.5 Å². The molecular weight excluding hydrogens is 825 g/mol. The van der Waals surface area contributed by atoms with Gasteiger partial charge in [0.15, 0.2) is 5.82 Å². The monoisotopic (exact) mass is 868 g/mol. The van der Waals surface area contributed by atoms with E-state index in [0.29, 0.717) is 17.0 Å². The predicted molar refractivity (Wildman–Crippen MR) is 277 cm³/mol. The molecule has 12 rings (SSSR count). The second kappa shape index (κ2) is 15.5. The van der Waals surface area contributed by atoms with Crippen LogP contribution in [0.25, 0.3) is 100 Å². The van der Waals surface area contributed by atoms with Crippen molar-refractivity contribution in [2.75, 3.05) is 0 Å². The van der Waals surface area contributed by atoms with E-state index in [-0.39, 0.29) is 10.8 Å². The van der Waals surface area contributed by atoms with E-state index in [4.69, 9.17) is 9.97 Å². The number of hydrogen-bond acceptors (Lipinski definition) is 4. The van der Waals surface area contributed by atoms with Gasteiger partial charge in [0, 0.05) is 32.9 Å². The van der Waals surface area contributed by atoms with Crippen molar-refractivity contribution in [3.05, 3.63) is 228 Å². The smallest absolute Gasteiger partial charge is 0.160 e. The lowest BCUT2D eigenvalue weighted by Crippen LogP contribution is -2.15. The molecule has 320 valence electrons. The maximum absolute atomic E-state index is 9.99. The van der Waals surface area contributed by atoms with Gasteiger partial charge in [-0.2, -0.15) is 10.5 Å². The number of aromatic nitrogens is 2. The Labute approximate surface area is 397 Å². The number of nitriles is 2. The number of fused-ring (bicyclic) bond motifs is 7. The zero-order valence-electron chi connectivity index (χ0n) is 38.3. The summed E-state index contributed by atoms with van der Waals surface area (Å²) in [6, 6.07) is 72.9. The summed E-state index contributed by atoms with van der Waals surface area (Å²) >= 11 is 0. The third-order valence-electron chi connectivity index (χ3n) is 14.6. The van der Waals surface area contributed by atoms with E-state index in [0.717, 1.165) is 72.2 Å². The van der Waals surface area contributed by atoms with Gasteiger partial charge in [0.1, 0.15) is 0 Å². The minimum atomic E-state index is -0.195. The maximum atomic E-state index is 9.99. The van der Waals surface area contributed by atoms with Crippen LogP contribution in [-0.2, 0) is 10.8 Å². The van der Waals surface area contributed by atoms with Crippen LogP contribution in [0.2, 0.25) is 0 Å². The Morgan fingerprint density at radius 3 is 1.31 bits per heavy atom. The van der Waals surface area contributed by atoms with Crippen LogP contribution in [-0.4, -0.2) is 9.97 Å². The van der Waals surface area contributed by atoms with Gasteiger partial charge >= 0.3 is 0 Å². The van der Waals surface area contributed by atoms with E-state index in [1.165, 1.54) is 44.5 Å². The molecule has 2 aliphatic rings. The maximum Gasteiger partial charge on any atom is 0.160 e. The van der Waals surface area contributed by atoms with Gasteiger partial charge < -0.3 is 0 Å². The van der Waals surface area contributed by atoms with Crippen LogP contribution in [0.1, 0.15) is 61.1 Å². The molecule has 10 aromatic rings. The highest BCUT2D eigenvalue weighted by atomic mass is 14.9. The predicted octanol–water partition coefficient (Wildman–Crippen LogP) is 16.0. The molecule has 0 saturated heterocycles. The lowest BCUT2D eigenvalue weighted by Gasteiger charge is -2.23. The van der Waals surface area contributed by atoms with E-state index in [1.807, 2.05) is 48.5 Å². The van der Waals surface area contributed by atoms with E-state index in [2.05, 4.69) is 185 Å². The summed E-state index contributed by atoms with van der Waals surface area (Å²) in [6.07, 6.45) is 0. The van der Waals surface area contributed by atoms with Crippen LogP contribution in [0.15, 0.2) is 194 Å². The fourth-order valence-corrected chi connectivity index (χ4v) is 11.0. The first-order valence-electron chi connectivity index (χ1n) is 23.2. The quantitative estimate of drug-likeness (QED) is 0.167. The topological polar surface area (TPSA) is 73.4 Å². The number of rotatable bonds is 6. The van der Waals surface area contributed by atoms with E-state index < -0.39 is 0 Å². The first-order valence-corrected chi connectivity index (χ1v) is 23.2. The SMILES string of the molecule is CC1(C)c2ccccc2-c2ccc(-c3cc(-c4ccc5c(c4)C(C)(C)c4ccccc4-5)c4nc(-c5ccc(-c6ccccc6C#N)cc5)nc(-c5ccc(-c6ccccc6C#N)cc5)c4c3)cc21. The van der Waals surface area contributed by atoms with Gasteiger partial charge in [0.05, 0.1) is 34.5 Å². The van der Waals surface area contributed by atoms with E-state index >= 15 is 0 Å². The van der Waals surface area contributed by atoms with Gasteiger partial charge in [-0.3, -0.25) is 0 Å². The summed E-state index contributed by atoms with van der Waals surface area (Å²) < 4.78 is 0. The van der Waals surface area contributed by atoms with Crippen molar-refractivity contribution in [2.24, 2.45) is 0 Å². The Morgan fingerprint density at radius 1 is 0.338 bits per heavy atom. The minimum absolute atomic E-state index is 0.163. The summed E-state index contributed by atoms with van der Waals surface area (Å²) in [5, 5.41) is 20.8. The average Bonchev–Trinajstić information content (AvgIpc) is 3.76. The summed E-state index contributed by atoms with van der Waals surface area (Å²) in [4.78, 5) is 11.0. The van der Waals surface area contributed by atoms with Gasteiger partial charge in [-0.1, -0.05) is 185 Å². The summed E-state index contributed by atoms with van der Waals surface area (Å²) in [7, 11) is 0. The standard InChI is InChI=1S/C64H44N4/c1-63(2)56-19-11-9-17-50(56)52-31-29-43(35-58(52)63)47-33-54(44-30-32-53-51-18-10-12-20-57(51)64(3,4)59(53)36-44)61-55(34-47)60(41-25-21-39(22-26-41)48-15-7-5-13-45(48)37-65)67-62(68-61)42-27-23-40(24-28-42)49-16-8-6-14-46(49)38-66/h5-36H,1-4H3. The lowest BCUT2D eigenvalue weighted by atomic mass is 9.81. The molecule has 0 amide bonds. The molecule has 1 aromatic heterocycles. The van der Waals surface area contributed by atoms with Gasteiger partial charge in [-0.15, -0.1) is 0 Å². The Bertz CT molecular complexity index is 3800. The second-order valence-electron chi connectivity index (χ2n) is 19.1. The Hall–Kier alpha value is -8.70. The molecule has 0 atom stereocenters. The molecule has 0 spiro atoms. The van der Waals surface area contributed by atoms with E-state index in [1.54, 1.807) is 0 Å². The Kier molecular flexibility index (Phi) is 9.27. The van der Waals surface area contributed by atoms with Crippen molar-refractivity contribution in [1.29, 1.82) is 10.5 Å². The lowest BCUT2D eigenvalue weighted by molar-refractivity contribution is 0.660. The number of nitrogens with zero attached hydrogens (tertiary/aromatic N) is 4. The molecule has 9 aromatic carbocycles. The normalized spacial score (nSPS) is 13.5. The Morgan fingerprint density at radius 2 is 0.765 bits per heavy atom. The van der Waals surface area contributed by atoms with Crippen molar-refractivity contribution >= 4 is 10.9 Å².